The van der Waals surface area contributed by atoms with Crippen molar-refractivity contribution in [1.82, 2.24) is 4.90 Å². The molecule has 0 aromatic carbocycles. The summed E-state index contributed by atoms with van der Waals surface area (Å²) < 4.78 is 4.55. The maximum Gasteiger partial charge on any atom is 0.305 e. The second-order valence-electron chi connectivity index (χ2n) is 3.53. The summed E-state index contributed by atoms with van der Waals surface area (Å²) in [5.41, 5.74) is 5.75. The summed E-state index contributed by atoms with van der Waals surface area (Å²) in [5, 5.41) is 0. The molecule has 76 valence electrons. The lowest BCUT2D eigenvalue weighted by molar-refractivity contribution is -0.140. The highest BCUT2D eigenvalue weighted by Crippen LogP contribution is 2.07. The number of likely N-dealkylation sites (tertiary alicyclic amines) is 1. The van der Waals surface area contributed by atoms with Crippen LogP contribution in [0.25, 0.3) is 0 Å². The average Bonchev–Trinajstić information content (AvgIpc) is 2.51. The van der Waals surface area contributed by atoms with Crippen molar-refractivity contribution in [3.05, 3.63) is 0 Å². The van der Waals surface area contributed by atoms with Crippen LogP contribution in [0.5, 0.6) is 0 Å². The van der Waals surface area contributed by atoms with Gasteiger partial charge in [-0.1, -0.05) is 0 Å². The van der Waals surface area contributed by atoms with Crippen molar-refractivity contribution in [2.45, 2.75) is 25.3 Å². The molecule has 1 saturated heterocycles. The normalized spacial score (nSPS) is 23.4. The second-order valence-corrected chi connectivity index (χ2v) is 3.53. The molecule has 0 bridgehead atoms. The van der Waals surface area contributed by atoms with Gasteiger partial charge in [-0.3, -0.25) is 4.79 Å². The molecule has 0 aromatic rings. The predicted octanol–water partition coefficient (Wildman–Crippen LogP) is -0.0274. The lowest BCUT2D eigenvalue weighted by atomic mass is 10.3. The molecule has 2 N–H and O–H groups in total. The molecule has 1 atom stereocenters. The Kier molecular flexibility index (Phi) is 4.18. The summed E-state index contributed by atoms with van der Waals surface area (Å²) >= 11 is 0. The fourth-order valence-corrected chi connectivity index (χ4v) is 1.61. The van der Waals surface area contributed by atoms with Gasteiger partial charge in [0.2, 0.25) is 0 Å². The Morgan fingerprint density at radius 3 is 3.00 bits per heavy atom. The summed E-state index contributed by atoms with van der Waals surface area (Å²) in [7, 11) is 1.42. The van der Waals surface area contributed by atoms with Crippen LogP contribution in [-0.4, -0.2) is 43.7 Å². The molecular weight excluding hydrogens is 168 g/mol. The zero-order valence-electron chi connectivity index (χ0n) is 8.16. The largest absolute Gasteiger partial charge is 0.469 e. The van der Waals surface area contributed by atoms with Crippen LogP contribution < -0.4 is 5.73 Å². The average molecular weight is 186 g/mol. The minimum absolute atomic E-state index is 0.122. The Bertz CT molecular complexity index is 173. The zero-order chi connectivity index (χ0) is 9.68. The Hall–Kier alpha value is -0.610. The standard InChI is InChI=1S/C9H18N2O2/c1-13-9(12)3-2-5-11-6-4-8(10)7-11/h8H,2-7,10H2,1H3/t8-/m0/s1. The first-order valence-electron chi connectivity index (χ1n) is 4.77. The number of carbonyl (C=O) groups is 1. The van der Waals surface area contributed by atoms with Gasteiger partial charge in [-0.15, -0.1) is 0 Å². The summed E-state index contributed by atoms with van der Waals surface area (Å²) in [6.07, 6.45) is 2.47. The third-order valence-corrected chi connectivity index (χ3v) is 2.39. The van der Waals surface area contributed by atoms with Crippen molar-refractivity contribution in [1.29, 1.82) is 0 Å². The molecule has 0 spiro atoms. The van der Waals surface area contributed by atoms with Crippen molar-refractivity contribution in [3.8, 4) is 0 Å². The Morgan fingerprint density at radius 1 is 1.69 bits per heavy atom. The van der Waals surface area contributed by atoms with Gasteiger partial charge in [0.25, 0.3) is 0 Å². The molecule has 4 heteroatoms. The molecule has 13 heavy (non-hydrogen) atoms. The molecule has 4 nitrogen and oxygen atoms in total. The van der Waals surface area contributed by atoms with Gasteiger partial charge in [0.1, 0.15) is 0 Å². The van der Waals surface area contributed by atoms with E-state index in [2.05, 4.69) is 9.64 Å². The van der Waals surface area contributed by atoms with E-state index in [4.69, 9.17) is 5.73 Å². The Balaban J connectivity index is 2.03. The molecule has 0 aliphatic carbocycles. The van der Waals surface area contributed by atoms with Crippen molar-refractivity contribution in [2.75, 3.05) is 26.7 Å². The first kappa shape index (κ1) is 10.5. The van der Waals surface area contributed by atoms with E-state index in [-0.39, 0.29) is 5.97 Å². The third kappa shape index (κ3) is 3.74. The number of nitrogens with two attached hydrogens (primary N) is 1. The number of nitrogens with zero attached hydrogens (tertiary/aromatic N) is 1. The van der Waals surface area contributed by atoms with E-state index in [0.717, 1.165) is 32.5 Å². The van der Waals surface area contributed by atoms with E-state index >= 15 is 0 Å². The highest BCUT2D eigenvalue weighted by atomic mass is 16.5. The Labute approximate surface area is 79.0 Å². The van der Waals surface area contributed by atoms with E-state index in [1.807, 2.05) is 0 Å². The number of carbonyl (C=O) groups excluding carboxylic acids is 1. The fourth-order valence-electron chi connectivity index (χ4n) is 1.61. The van der Waals surface area contributed by atoms with E-state index < -0.39 is 0 Å². The molecule has 0 amide bonds. The highest BCUT2D eigenvalue weighted by molar-refractivity contribution is 5.69. The van der Waals surface area contributed by atoms with Crippen molar-refractivity contribution in [2.24, 2.45) is 5.73 Å². The van der Waals surface area contributed by atoms with Crippen LogP contribution in [0, 0.1) is 0 Å². The van der Waals surface area contributed by atoms with E-state index in [1.165, 1.54) is 7.11 Å². The molecule has 1 fully saturated rings. The molecule has 0 radical (unpaired) electrons. The number of methoxy groups -OCH3 is 1. The van der Waals surface area contributed by atoms with Gasteiger partial charge in [-0.25, -0.2) is 0 Å². The summed E-state index contributed by atoms with van der Waals surface area (Å²) in [6.45, 7) is 3.01. The number of hydrogen-bond donors (Lipinski definition) is 1. The number of esters is 1. The molecular formula is C9H18N2O2. The molecule has 1 aliphatic rings. The predicted molar refractivity (Wildman–Crippen MR) is 50.3 cm³/mol. The van der Waals surface area contributed by atoms with E-state index in [9.17, 15) is 4.79 Å². The van der Waals surface area contributed by atoms with Crippen LogP contribution in [0.1, 0.15) is 19.3 Å². The minimum atomic E-state index is -0.122. The quantitative estimate of drug-likeness (QED) is 0.627. The lowest BCUT2D eigenvalue weighted by Gasteiger charge is -2.13. The SMILES string of the molecule is COC(=O)CCCN1CC[C@H](N)C1. The molecule has 1 aliphatic heterocycles. The van der Waals surface area contributed by atoms with E-state index in [0.29, 0.717) is 12.5 Å². The van der Waals surface area contributed by atoms with E-state index in [1.54, 1.807) is 0 Å². The zero-order valence-corrected chi connectivity index (χ0v) is 8.16. The molecule has 0 unspecified atom stereocenters. The van der Waals surface area contributed by atoms with Gasteiger partial charge in [-0.05, 0) is 25.9 Å². The van der Waals surface area contributed by atoms with Crippen LogP contribution in [0.4, 0.5) is 0 Å². The van der Waals surface area contributed by atoms with Crippen LogP contribution in [-0.2, 0) is 9.53 Å². The van der Waals surface area contributed by atoms with Crippen molar-refractivity contribution in [3.63, 3.8) is 0 Å². The minimum Gasteiger partial charge on any atom is -0.469 e. The van der Waals surface area contributed by atoms with Gasteiger partial charge in [0, 0.05) is 19.0 Å². The van der Waals surface area contributed by atoms with Gasteiger partial charge in [0.05, 0.1) is 7.11 Å². The monoisotopic (exact) mass is 186 g/mol. The van der Waals surface area contributed by atoms with Gasteiger partial charge < -0.3 is 15.4 Å². The topological polar surface area (TPSA) is 55.6 Å². The first-order valence-corrected chi connectivity index (χ1v) is 4.77. The smallest absolute Gasteiger partial charge is 0.305 e. The Morgan fingerprint density at radius 2 is 2.46 bits per heavy atom. The van der Waals surface area contributed by atoms with Gasteiger partial charge in [0.15, 0.2) is 0 Å². The first-order chi connectivity index (χ1) is 6.22. The highest BCUT2D eigenvalue weighted by Gasteiger charge is 2.18. The number of hydrogen-bond acceptors (Lipinski definition) is 4. The van der Waals surface area contributed by atoms with Crippen LogP contribution in [0.15, 0.2) is 0 Å². The maximum absolute atomic E-state index is 10.8. The fraction of sp³-hybridized carbons (Fsp3) is 0.889. The number of ether oxygens (including phenoxy) is 1. The second kappa shape index (κ2) is 5.19. The lowest BCUT2D eigenvalue weighted by Crippen LogP contribution is -2.27. The van der Waals surface area contributed by atoms with Crippen molar-refractivity contribution >= 4 is 5.97 Å². The van der Waals surface area contributed by atoms with Crippen LogP contribution in [0.2, 0.25) is 0 Å². The summed E-state index contributed by atoms with van der Waals surface area (Å²) in [6, 6.07) is 0.332. The van der Waals surface area contributed by atoms with Crippen molar-refractivity contribution < 1.29 is 9.53 Å². The molecule has 0 aromatic heterocycles. The van der Waals surface area contributed by atoms with Gasteiger partial charge in [-0.2, -0.15) is 0 Å². The van der Waals surface area contributed by atoms with Crippen LogP contribution >= 0.6 is 0 Å². The number of rotatable bonds is 4. The summed E-state index contributed by atoms with van der Waals surface area (Å²) in [5.74, 6) is -0.122. The van der Waals surface area contributed by atoms with Crippen LogP contribution in [0.3, 0.4) is 0 Å². The van der Waals surface area contributed by atoms with Gasteiger partial charge >= 0.3 is 5.97 Å². The molecule has 1 rings (SSSR count). The molecule has 1 heterocycles. The molecule has 0 saturated carbocycles. The third-order valence-electron chi connectivity index (χ3n) is 2.39. The maximum atomic E-state index is 10.8. The summed E-state index contributed by atoms with van der Waals surface area (Å²) in [4.78, 5) is 13.1.